The molecule has 0 fully saturated rings. The van der Waals surface area contributed by atoms with E-state index in [0.717, 1.165) is 34.1 Å². The van der Waals surface area contributed by atoms with Gasteiger partial charge in [-0.3, -0.25) is 9.59 Å². The minimum Gasteiger partial charge on any atom is -0.490 e. The highest BCUT2D eigenvalue weighted by atomic mass is 19.1. The number of hydrogen-bond donors (Lipinski definition) is 1. The summed E-state index contributed by atoms with van der Waals surface area (Å²) >= 11 is 0. The molecule has 1 N–H and O–H groups in total. The third kappa shape index (κ3) is 5.72. The van der Waals surface area contributed by atoms with E-state index < -0.39 is 11.8 Å². The molecule has 0 heterocycles. The van der Waals surface area contributed by atoms with Crippen LogP contribution in [0.5, 0.6) is 11.5 Å². The van der Waals surface area contributed by atoms with Gasteiger partial charge in [-0.25, -0.2) is 4.39 Å². The van der Waals surface area contributed by atoms with Crippen molar-refractivity contribution < 1.29 is 28.6 Å². The summed E-state index contributed by atoms with van der Waals surface area (Å²) in [5.41, 5.74) is 5.05. The molecule has 0 aliphatic carbocycles. The summed E-state index contributed by atoms with van der Waals surface area (Å²) in [6.45, 7) is 4.33. The average Bonchev–Trinajstić information content (AvgIpc) is 2.78. The lowest BCUT2D eigenvalue weighted by atomic mass is 9.93. The molecule has 0 saturated carbocycles. The zero-order valence-corrected chi connectivity index (χ0v) is 18.1. The topological polar surface area (TPSA) is 72.8 Å². The van der Waals surface area contributed by atoms with Gasteiger partial charge in [0.1, 0.15) is 18.6 Å². The van der Waals surface area contributed by atoms with E-state index in [4.69, 9.17) is 14.6 Å². The Balaban J connectivity index is 1.76. The van der Waals surface area contributed by atoms with Crippen LogP contribution in [0.4, 0.5) is 4.39 Å². The van der Waals surface area contributed by atoms with Gasteiger partial charge in [0.05, 0.1) is 6.61 Å². The van der Waals surface area contributed by atoms with Crippen molar-refractivity contribution in [3.8, 4) is 22.6 Å². The van der Waals surface area contributed by atoms with Crippen LogP contribution in [-0.4, -0.2) is 24.0 Å². The monoisotopic (exact) mass is 436 g/mol. The summed E-state index contributed by atoms with van der Waals surface area (Å²) < 4.78 is 26.0. The SMILES string of the molecule is Cc1cc(OCCCC(=O)O)c(F)cc1-c1cccc(COc2ccc(C=O)cc2)c1C. The summed E-state index contributed by atoms with van der Waals surface area (Å²) in [4.78, 5) is 21.4. The van der Waals surface area contributed by atoms with E-state index >= 15 is 0 Å². The number of carboxylic acid groups (broad SMARTS) is 1. The molecule has 0 radical (unpaired) electrons. The molecule has 3 rings (SSSR count). The van der Waals surface area contributed by atoms with Crippen molar-refractivity contribution >= 4 is 12.3 Å². The van der Waals surface area contributed by atoms with Gasteiger partial charge >= 0.3 is 5.97 Å². The highest BCUT2D eigenvalue weighted by Crippen LogP contribution is 2.33. The maximum Gasteiger partial charge on any atom is 0.303 e. The van der Waals surface area contributed by atoms with Crippen LogP contribution in [0.2, 0.25) is 0 Å². The highest BCUT2D eigenvalue weighted by molar-refractivity contribution is 5.75. The number of halogens is 1. The van der Waals surface area contributed by atoms with Gasteiger partial charge in [-0.15, -0.1) is 0 Å². The van der Waals surface area contributed by atoms with Crippen molar-refractivity contribution in [1.29, 1.82) is 0 Å². The van der Waals surface area contributed by atoms with Crippen molar-refractivity contribution in [2.75, 3.05) is 6.61 Å². The predicted molar refractivity (Wildman–Crippen MR) is 120 cm³/mol. The van der Waals surface area contributed by atoms with E-state index in [-0.39, 0.29) is 18.8 Å². The summed E-state index contributed by atoms with van der Waals surface area (Å²) in [6, 6.07) is 15.8. The lowest BCUT2D eigenvalue weighted by Crippen LogP contribution is -2.04. The Kier molecular flexibility index (Phi) is 7.60. The number of carboxylic acids is 1. The Hall–Kier alpha value is -3.67. The minimum atomic E-state index is -0.905. The second kappa shape index (κ2) is 10.6. The summed E-state index contributed by atoms with van der Waals surface area (Å²) in [6.07, 6.45) is 1.08. The van der Waals surface area contributed by atoms with Crippen molar-refractivity contribution in [2.24, 2.45) is 0 Å². The smallest absolute Gasteiger partial charge is 0.303 e. The van der Waals surface area contributed by atoms with Crippen molar-refractivity contribution in [3.63, 3.8) is 0 Å². The molecule has 166 valence electrons. The number of hydrogen-bond acceptors (Lipinski definition) is 4. The van der Waals surface area contributed by atoms with Crippen LogP contribution in [-0.2, 0) is 11.4 Å². The third-order valence-corrected chi connectivity index (χ3v) is 5.22. The molecule has 5 nitrogen and oxygen atoms in total. The summed E-state index contributed by atoms with van der Waals surface area (Å²) in [5.74, 6) is -0.616. The molecule has 0 aliphatic heterocycles. The fourth-order valence-corrected chi connectivity index (χ4v) is 3.40. The molecule has 0 bridgehead atoms. The molecule has 6 heteroatoms. The lowest BCUT2D eigenvalue weighted by Gasteiger charge is -2.16. The number of rotatable bonds is 10. The van der Waals surface area contributed by atoms with Gasteiger partial charge in [-0.1, -0.05) is 18.2 Å². The predicted octanol–water partition coefficient (Wildman–Crippen LogP) is 5.74. The number of ether oxygens (including phenoxy) is 2. The summed E-state index contributed by atoms with van der Waals surface area (Å²) in [7, 11) is 0. The van der Waals surface area contributed by atoms with E-state index in [1.807, 2.05) is 32.0 Å². The first-order chi connectivity index (χ1) is 15.4. The van der Waals surface area contributed by atoms with Crippen LogP contribution in [0.25, 0.3) is 11.1 Å². The number of aryl methyl sites for hydroxylation is 1. The zero-order valence-electron chi connectivity index (χ0n) is 18.1. The Morgan fingerprint density at radius 3 is 2.47 bits per heavy atom. The first kappa shape index (κ1) is 23.0. The van der Waals surface area contributed by atoms with Crippen molar-refractivity contribution in [1.82, 2.24) is 0 Å². The van der Waals surface area contributed by atoms with Crippen LogP contribution >= 0.6 is 0 Å². The maximum atomic E-state index is 14.7. The van der Waals surface area contributed by atoms with Crippen molar-refractivity contribution in [2.45, 2.75) is 33.3 Å². The van der Waals surface area contributed by atoms with E-state index in [1.54, 1.807) is 30.3 Å². The molecule has 3 aromatic carbocycles. The second-order valence-electron chi connectivity index (χ2n) is 7.51. The third-order valence-electron chi connectivity index (χ3n) is 5.22. The maximum absolute atomic E-state index is 14.7. The molecule has 0 aromatic heterocycles. The van der Waals surface area contributed by atoms with E-state index in [1.165, 1.54) is 6.07 Å². The van der Waals surface area contributed by atoms with E-state index in [9.17, 15) is 14.0 Å². The normalized spacial score (nSPS) is 10.6. The van der Waals surface area contributed by atoms with Crippen LogP contribution < -0.4 is 9.47 Å². The highest BCUT2D eigenvalue weighted by Gasteiger charge is 2.14. The zero-order chi connectivity index (χ0) is 23.1. The number of carbonyl (C=O) groups excluding carboxylic acids is 1. The lowest BCUT2D eigenvalue weighted by molar-refractivity contribution is -0.137. The van der Waals surface area contributed by atoms with Gasteiger partial charge in [-0.05, 0) is 84.5 Å². The van der Waals surface area contributed by atoms with Gasteiger partial charge in [0.2, 0.25) is 0 Å². The Bertz CT molecular complexity index is 1110. The molecular weight excluding hydrogens is 411 g/mol. The quantitative estimate of drug-likeness (QED) is 0.324. The molecule has 3 aromatic rings. The molecule has 0 aliphatic rings. The first-order valence-electron chi connectivity index (χ1n) is 10.3. The van der Waals surface area contributed by atoms with E-state index in [2.05, 4.69) is 0 Å². The Morgan fingerprint density at radius 2 is 1.78 bits per heavy atom. The first-order valence-corrected chi connectivity index (χ1v) is 10.3. The van der Waals surface area contributed by atoms with Gasteiger partial charge in [0.25, 0.3) is 0 Å². The fourth-order valence-electron chi connectivity index (χ4n) is 3.40. The van der Waals surface area contributed by atoms with Crippen LogP contribution in [0, 0.1) is 19.7 Å². The van der Waals surface area contributed by atoms with Gasteiger partial charge in [0, 0.05) is 12.0 Å². The van der Waals surface area contributed by atoms with Crippen LogP contribution in [0.1, 0.15) is 39.9 Å². The molecule has 0 amide bonds. The van der Waals surface area contributed by atoms with Gasteiger partial charge < -0.3 is 14.6 Å². The molecule has 32 heavy (non-hydrogen) atoms. The summed E-state index contributed by atoms with van der Waals surface area (Å²) in [5, 5.41) is 8.69. The minimum absolute atomic E-state index is 0.0199. The molecule has 0 unspecified atom stereocenters. The number of aldehydes is 1. The standard InChI is InChI=1S/C26H25FO5/c1-17-13-25(31-12-4-7-26(29)30)24(27)14-23(17)22-6-3-5-20(18(22)2)16-32-21-10-8-19(15-28)9-11-21/h3,5-6,8-11,13-15H,4,7,12,16H2,1-2H3,(H,29,30). The second-order valence-corrected chi connectivity index (χ2v) is 7.51. The Morgan fingerprint density at radius 1 is 1.03 bits per heavy atom. The fraction of sp³-hybridized carbons (Fsp3) is 0.231. The van der Waals surface area contributed by atoms with Gasteiger partial charge in [0.15, 0.2) is 11.6 Å². The molecule has 0 spiro atoms. The molecular formula is C26H25FO5. The largest absolute Gasteiger partial charge is 0.490 e. The number of carbonyl (C=O) groups is 2. The molecule has 0 saturated heterocycles. The van der Waals surface area contributed by atoms with Gasteiger partial charge in [-0.2, -0.15) is 0 Å². The van der Waals surface area contributed by atoms with Crippen LogP contribution in [0.15, 0.2) is 54.6 Å². The molecule has 0 atom stereocenters. The van der Waals surface area contributed by atoms with Crippen LogP contribution in [0.3, 0.4) is 0 Å². The average molecular weight is 436 g/mol. The van der Waals surface area contributed by atoms with Crippen molar-refractivity contribution in [3.05, 3.63) is 82.7 Å². The number of benzene rings is 3. The van der Waals surface area contributed by atoms with E-state index in [0.29, 0.717) is 24.3 Å². The number of aliphatic carboxylic acids is 1. The Labute approximate surface area is 186 Å².